The van der Waals surface area contributed by atoms with Gasteiger partial charge < -0.3 is 14.8 Å². The van der Waals surface area contributed by atoms with Crippen LogP contribution in [0.25, 0.3) is 0 Å². The molecular weight excluding hydrogens is 202 g/mol. The molecule has 1 amide bonds. The summed E-state index contributed by atoms with van der Waals surface area (Å²) in [6, 6.07) is -0.356. The quantitative estimate of drug-likeness (QED) is 0.620. The normalized spacial score (nSPS) is 29.5. The van der Waals surface area contributed by atoms with E-state index in [4.69, 9.17) is 9.47 Å². The molecule has 0 aromatic heterocycles. The number of rotatable bonds is 2. The summed E-state index contributed by atoms with van der Waals surface area (Å²) in [5.41, 5.74) is 0. The van der Waals surface area contributed by atoms with Gasteiger partial charge in [-0.1, -0.05) is 0 Å². The second-order valence-corrected chi connectivity index (χ2v) is 3.40. The van der Waals surface area contributed by atoms with Crippen molar-refractivity contribution in [1.29, 1.82) is 0 Å². The third kappa shape index (κ3) is 2.68. The Bertz CT molecular complexity index is 301. The fourth-order valence-corrected chi connectivity index (χ4v) is 1.45. The summed E-state index contributed by atoms with van der Waals surface area (Å²) in [6.45, 7) is 4.11. The summed E-state index contributed by atoms with van der Waals surface area (Å²) in [4.78, 5) is 32.9. The highest BCUT2D eigenvalue weighted by Gasteiger charge is 2.44. The highest BCUT2D eigenvalue weighted by molar-refractivity contribution is 5.87. The van der Waals surface area contributed by atoms with E-state index in [1.807, 2.05) is 0 Å². The Kier molecular flexibility index (Phi) is 3.28. The van der Waals surface area contributed by atoms with Gasteiger partial charge in [0.1, 0.15) is 0 Å². The summed E-state index contributed by atoms with van der Waals surface area (Å²) < 4.78 is 9.69. The summed E-state index contributed by atoms with van der Waals surface area (Å²) in [5, 5.41) is 2.53. The van der Waals surface area contributed by atoms with E-state index in [1.54, 1.807) is 6.92 Å². The molecule has 6 heteroatoms. The van der Waals surface area contributed by atoms with Gasteiger partial charge in [0.05, 0.1) is 6.04 Å². The predicted molar refractivity (Wildman–Crippen MR) is 48.7 cm³/mol. The Hall–Kier alpha value is -1.59. The lowest BCUT2D eigenvalue weighted by Crippen LogP contribution is -2.37. The zero-order valence-electron chi connectivity index (χ0n) is 8.77. The van der Waals surface area contributed by atoms with Crippen LogP contribution < -0.4 is 5.32 Å². The van der Waals surface area contributed by atoms with Crippen LogP contribution in [-0.4, -0.2) is 36.1 Å². The lowest BCUT2D eigenvalue weighted by atomic mass is 10.1. The molecule has 0 aromatic carbocycles. The average molecular weight is 215 g/mol. The minimum atomic E-state index is -1.04. The summed E-state index contributed by atoms with van der Waals surface area (Å²) in [5.74, 6) is -1.54. The molecule has 6 nitrogen and oxygen atoms in total. The van der Waals surface area contributed by atoms with Crippen molar-refractivity contribution < 1.29 is 23.9 Å². The Morgan fingerprint density at radius 1 is 1.20 bits per heavy atom. The Labute approximate surface area is 86.9 Å². The molecule has 0 bridgehead atoms. The lowest BCUT2D eigenvalue weighted by Gasteiger charge is -2.19. The smallest absolute Gasteiger partial charge is 0.303 e. The number of carbonyl (C=O) groups excluding carboxylic acids is 3. The van der Waals surface area contributed by atoms with E-state index in [0.717, 1.165) is 0 Å². The number of esters is 2. The average Bonchev–Trinajstić information content (AvgIpc) is 2.30. The van der Waals surface area contributed by atoms with Crippen molar-refractivity contribution in [2.24, 2.45) is 0 Å². The number of nitrogens with one attached hydrogen (secondary N) is 1. The molecule has 0 aliphatic carbocycles. The molecule has 3 atom stereocenters. The van der Waals surface area contributed by atoms with E-state index in [9.17, 15) is 14.4 Å². The van der Waals surface area contributed by atoms with E-state index in [1.165, 1.54) is 13.8 Å². The monoisotopic (exact) mass is 215 g/mol. The maximum absolute atomic E-state index is 11.3. The highest BCUT2D eigenvalue weighted by Crippen LogP contribution is 2.16. The third-order valence-electron chi connectivity index (χ3n) is 2.01. The van der Waals surface area contributed by atoms with Gasteiger partial charge in [-0.3, -0.25) is 14.4 Å². The van der Waals surface area contributed by atoms with Gasteiger partial charge in [0, 0.05) is 13.8 Å². The molecule has 84 valence electrons. The van der Waals surface area contributed by atoms with Crippen LogP contribution in [0.3, 0.4) is 0 Å². The molecule has 1 rings (SSSR count). The van der Waals surface area contributed by atoms with E-state index < -0.39 is 30.1 Å². The van der Waals surface area contributed by atoms with Crippen molar-refractivity contribution in [1.82, 2.24) is 5.32 Å². The highest BCUT2D eigenvalue weighted by atomic mass is 16.6. The van der Waals surface area contributed by atoms with Crippen LogP contribution in [0.4, 0.5) is 0 Å². The van der Waals surface area contributed by atoms with E-state index in [0.29, 0.717) is 0 Å². The molecule has 0 spiro atoms. The van der Waals surface area contributed by atoms with Gasteiger partial charge in [-0.15, -0.1) is 0 Å². The number of ether oxygens (including phenoxy) is 2. The van der Waals surface area contributed by atoms with Crippen LogP contribution in [0.15, 0.2) is 0 Å². The van der Waals surface area contributed by atoms with E-state index in [2.05, 4.69) is 5.32 Å². The maximum Gasteiger partial charge on any atom is 0.303 e. The topological polar surface area (TPSA) is 81.7 Å². The van der Waals surface area contributed by atoms with Crippen LogP contribution in [0, 0.1) is 0 Å². The van der Waals surface area contributed by atoms with Crippen LogP contribution in [-0.2, 0) is 23.9 Å². The molecule has 1 unspecified atom stereocenters. The van der Waals surface area contributed by atoms with Crippen molar-refractivity contribution >= 4 is 17.8 Å². The molecule has 1 saturated heterocycles. The van der Waals surface area contributed by atoms with Gasteiger partial charge in [0.2, 0.25) is 6.10 Å². The zero-order chi connectivity index (χ0) is 11.6. The predicted octanol–water partition coefficient (Wildman–Crippen LogP) is -0.632. The summed E-state index contributed by atoms with van der Waals surface area (Å²) >= 11 is 0. The number of hydrogen-bond donors (Lipinski definition) is 1. The van der Waals surface area contributed by atoms with Crippen LogP contribution >= 0.6 is 0 Å². The summed E-state index contributed by atoms with van der Waals surface area (Å²) in [6.07, 6.45) is -1.79. The molecular formula is C9H13NO5. The van der Waals surface area contributed by atoms with Gasteiger partial charge in [0.25, 0.3) is 5.91 Å². The molecule has 1 N–H and O–H groups in total. The van der Waals surface area contributed by atoms with Crippen LogP contribution in [0.2, 0.25) is 0 Å². The molecule has 0 aromatic rings. The first-order valence-electron chi connectivity index (χ1n) is 4.56. The lowest BCUT2D eigenvalue weighted by molar-refractivity contribution is -0.165. The standard InChI is InChI=1S/C9H13NO5/c1-4-7(14-5(2)11)8(9(13)10-4)15-6(3)12/h4,7-8H,1-3H3,(H,10,13)/t4?,7-,8-/m1/s1. The SMILES string of the molecule is CC(=O)O[C@@H]1C(C)NC(=O)[C@@H]1OC(C)=O. The van der Waals surface area contributed by atoms with Crippen molar-refractivity contribution in [3.63, 3.8) is 0 Å². The second kappa shape index (κ2) is 4.29. The van der Waals surface area contributed by atoms with Crippen molar-refractivity contribution in [3.05, 3.63) is 0 Å². The molecule has 1 heterocycles. The molecule has 1 fully saturated rings. The zero-order valence-corrected chi connectivity index (χ0v) is 8.77. The Morgan fingerprint density at radius 2 is 1.73 bits per heavy atom. The molecule has 1 aliphatic heterocycles. The van der Waals surface area contributed by atoms with Gasteiger partial charge in [-0.05, 0) is 6.92 Å². The number of carbonyl (C=O) groups is 3. The minimum absolute atomic E-state index is 0.356. The fraction of sp³-hybridized carbons (Fsp3) is 0.667. The van der Waals surface area contributed by atoms with Gasteiger partial charge in [-0.25, -0.2) is 0 Å². The van der Waals surface area contributed by atoms with Crippen molar-refractivity contribution in [2.45, 2.75) is 39.0 Å². The number of amides is 1. The van der Waals surface area contributed by atoms with Crippen molar-refractivity contribution in [3.8, 4) is 0 Å². The minimum Gasteiger partial charge on any atom is -0.456 e. The first-order chi connectivity index (χ1) is 6.91. The van der Waals surface area contributed by atoms with E-state index in [-0.39, 0.29) is 6.04 Å². The van der Waals surface area contributed by atoms with Crippen LogP contribution in [0.5, 0.6) is 0 Å². The largest absolute Gasteiger partial charge is 0.456 e. The van der Waals surface area contributed by atoms with Crippen molar-refractivity contribution in [2.75, 3.05) is 0 Å². The Morgan fingerprint density at radius 3 is 2.20 bits per heavy atom. The summed E-state index contributed by atoms with van der Waals surface area (Å²) in [7, 11) is 0. The molecule has 0 saturated carbocycles. The molecule has 1 aliphatic rings. The number of hydrogen-bond acceptors (Lipinski definition) is 5. The van der Waals surface area contributed by atoms with Gasteiger partial charge >= 0.3 is 11.9 Å². The second-order valence-electron chi connectivity index (χ2n) is 3.40. The first-order valence-corrected chi connectivity index (χ1v) is 4.56. The fourth-order valence-electron chi connectivity index (χ4n) is 1.45. The Balaban J connectivity index is 2.75. The van der Waals surface area contributed by atoms with Crippen LogP contribution in [0.1, 0.15) is 20.8 Å². The maximum atomic E-state index is 11.3. The molecule has 15 heavy (non-hydrogen) atoms. The first kappa shape index (κ1) is 11.5. The van der Waals surface area contributed by atoms with Gasteiger partial charge in [-0.2, -0.15) is 0 Å². The third-order valence-corrected chi connectivity index (χ3v) is 2.01. The molecule has 0 radical (unpaired) electrons. The van der Waals surface area contributed by atoms with E-state index >= 15 is 0 Å². The van der Waals surface area contributed by atoms with Gasteiger partial charge in [0.15, 0.2) is 6.10 Å².